The van der Waals surface area contributed by atoms with E-state index in [1.165, 1.54) is 0 Å². The van der Waals surface area contributed by atoms with Crippen molar-refractivity contribution >= 4 is 33.5 Å². The Hall–Kier alpha value is -2.74. The quantitative estimate of drug-likeness (QED) is 0.527. The molecule has 2 aromatic carbocycles. The van der Waals surface area contributed by atoms with Crippen molar-refractivity contribution in [2.45, 2.75) is 26.2 Å². The van der Waals surface area contributed by atoms with Crippen LogP contribution < -0.4 is 10.6 Å². The number of nitrogens with one attached hydrogen (secondary N) is 2. The minimum Gasteiger partial charge on any atom is -0.307 e. The van der Waals surface area contributed by atoms with Gasteiger partial charge in [-0.2, -0.15) is 5.10 Å². The Morgan fingerprint density at radius 2 is 1.61 bits per heavy atom. The molecule has 0 saturated heterocycles. The fraction of sp³-hybridized carbons (Fsp3) is 0.200. The second-order valence-corrected chi connectivity index (χ2v) is 8.21. The zero-order valence-corrected chi connectivity index (χ0v) is 17.1. The molecule has 1 aromatic heterocycles. The van der Waals surface area contributed by atoms with E-state index in [4.69, 9.17) is 0 Å². The number of carbonyl (C=O) groups excluding carboxylic acids is 1. The second-order valence-electron chi connectivity index (χ2n) is 7.29. The second kappa shape index (κ2) is 7.71. The lowest BCUT2D eigenvalue weighted by molar-refractivity contribution is 0.262. The van der Waals surface area contributed by atoms with Crippen LogP contribution in [0.5, 0.6) is 0 Å². The highest BCUT2D eigenvalue weighted by Crippen LogP contribution is 2.27. The van der Waals surface area contributed by atoms with Crippen molar-refractivity contribution in [1.82, 2.24) is 9.78 Å². The summed E-state index contributed by atoms with van der Waals surface area (Å²) in [6.07, 6.45) is 0. The molecular weight excluding hydrogens is 430 g/mol. The van der Waals surface area contributed by atoms with Crippen molar-refractivity contribution in [3.8, 4) is 5.69 Å². The van der Waals surface area contributed by atoms with Crippen LogP contribution in [0.2, 0.25) is 0 Å². The van der Waals surface area contributed by atoms with Crippen LogP contribution in [0.25, 0.3) is 5.69 Å². The molecule has 0 aliphatic heterocycles. The SMILES string of the molecule is CC(C)(C)c1cc(NC(=O)Nc2cc(F)cc(F)c2)n(-c2ccc(Br)cc2)n1. The van der Waals surface area contributed by atoms with E-state index in [1.807, 2.05) is 45.0 Å². The Kier molecular flexibility index (Phi) is 5.51. The maximum absolute atomic E-state index is 13.3. The highest BCUT2D eigenvalue weighted by molar-refractivity contribution is 9.10. The number of aromatic nitrogens is 2. The zero-order chi connectivity index (χ0) is 20.5. The topological polar surface area (TPSA) is 59.0 Å². The van der Waals surface area contributed by atoms with Crippen molar-refractivity contribution in [2.24, 2.45) is 0 Å². The number of halogens is 3. The van der Waals surface area contributed by atoms with Gasteiger partial charge in [-0.25, -0.2) is 18.3 Å². The van der Waals surface area contributed by atoms with Crippen LogP contribution >= 0.6 is 15.9 Å². The molecule has 0 aliphatic rings. The van der Waals surface area contributed by atoms with Gasteiger partial charge in [0.05, 0.1) is 11.4 Å². The van der Waals surface area contributed by atoms with Crippen molar-refractivity contribution in [2.75, 3.05) is 10.6 Å². The first-order valence-corrected chi connectivity index (χ1v) is 9.32. The predicted molar refractivity (Wildman–Crippen MR) is 109 cm³/mol. The number of nitrogens with zero attached hydrogens (tertiary/aromatic N) is 2. The maximum atomic E-state index is 13.3. The van der Waals surface area contributed by atoms with Gasteiger partial charge in [0, 0.05) is 27.7 Å². The summed E-state index contributed by atoms with van der Waals surface area (Å²) >= 11 is 3.39. The molecule has 0 spiro atoms. The largest absolute Gasteiger partial charge is 0.324 e. The number of amides is 2. The van der Waals surface area contributed by atoms with Gasteiger partial charge in [-0.1, -0.05) is 36.7 Å². The van der Waals surface area contributed by atoms with Gasteiger partial charge in [-0.15, -0.1) is 0 Å². The summed E-state index contributed by atoms with van der Waals surface area (Å²) < 4.78 is 29.2. The molecule has 5 nitrogen and oxygen atoms in total. The summed E-state index contributed by atoms with van der Waals surface area (Å²) in [4.78, 5) is 12.4. The number of hydrogen-bond donors (Lipinski definition) is 2. The Labute approximate surface area is 169 Å². The standard InChI is InChI=1S/C20H19BrF2N4O/c1-20(2,3)17-11-18(27(26-17)16-6-4-12(21)5-7-16)25-19(28)24-15-9-13(22)8-14(23)10-15/h4-11H,1-3H3,(H2,24,25,28). The summed E-state index contributed by atoms with van der Waals surface area (Å²) in [5.74, 6) is -1.11. The Morgan fingerprint density at radius 1 is 1.00 bits per heavy atom. The predicted octanol–water partition coefficient (Wildman–Crippen LogP) is 5.85. The van der Waals surface area contributed by atoms with Gasteiger partial charge in [-0.05, 0) is 36.4 Å². The molecular formula is C20H19BrF2N4O. The third-order valence-electron chi connectivity index (χ3n) is 3.91. The van der Waals surface area contributed by atoms with E-state index < -0.39 is 17.7 Å². The highest BCUT2D eigenvalue weighted by Gasteiger charge is 2.21. The third-order valence-corrected chi connectivity index (χ3v) is 4.44. The van der Waals surface area contributed by atoms with Crippen LogP contribution in [-0.4, -0.2) is 15.8 Å². The fourth-order valence-electron chi connectivity index (χ4n) is 2.52. The molecule has 2 N–H and O–H groups in total. The molecule has 3 rings (SSSR count). The molecule has 2 amide bonds. The number of carbonyl (C=O) groups is 1. The Bertz CT molecular complexity index is 990. The Morgan fingerprint density at radius 3 is 2.18 bits per heavy atom. The van der Waals surface area contributed by atoms with Crippen molar-refractivity contribution in [1.29, 1.82) is 0 Å². The summed E-state index contributed by atoms with van der Waals surface area (Å²) in [6.45, 7) is 6.04. The molecule has 28 heavy (non-hydrogen) atoms. The van der Waals surface area contributed by atoms with Crippen LogP contribution in [0.3, 0.4) is 0 Å². The van der Waals surface area contributed by atoms with Crippen molar-refractivity contribution < 1.29 is 13.6 Å². The lowest BCUT2D eigenvalue weighted by Crippen LogP contribution is -2.21. The maximum Gasteiger partial charge on any atom is 0.324 e. The molecule has 146 valence electrons. The molecule has 0 aliphatic carbocycles. The summed E-state index contributed by atoms with van der Waals surface area (Å²) in [5, 5.41) is 9.74. The lowest BCUT2D eigenvalue weighted by Gasteiger charge is -2.14. The number of anilines is 2. The van der Waals surface area contributed by atoms with Gasteiger partial charge < -0.3 is 5.32 Å². The van der Waals surface area contributed by atoms with E-state index >= 15 is 0 Å². The van der Waals surface area contributed by atoms with E-state index in [9.17, 15) is 13.6 Å². The van der Waals surface area contributed by atoms with E-state index in [2.05, 4.69) is 31.7 Å². The average Bonchev–Trinajstić information content (AvgIpc) is 2.98. The Balaban J connectivity index is 1.90. The minimum absolute atomic E-state index is 0.0146. The van der Waals surface area contributed by atoms with Gasteiger partial charge in [0.2, 0.25) is 0 Å². The lowest BCUT2D eigenvalue weighted by atomic mass is 9.92. The number of benzene rings is 2. The smallest absolute Gasteiger partial charge is 0.307 e. The third kappa shape index (κ3) is 4.75. The van der Waals surface area contributed by atoms with Crippen molar-refractivity contribution in [3.05, 3.63) is 70.3 Å². The van der Waals surface area contributed by atoms with Gasteiger partial charge >= 0.3 is 6.03 Å². The van der Waals surface area contributed by atoms with Crippen LogP contribution in [0.15, 0.2) is 53.0 Å². The first kappa shape index (κ1) is 20.0. The summed E-state index contributed by atoms with van der Waals surface area (Å²) in [7, 11) is 0. The van der Waals surface area contributed by atoms with Gasteiger partial charge in [0.25, 0.3) is 0 Å². The van der Waals surface area contributed by atoms with Crippen LogP contribution in [0.4, 0.5) is 25.1 Å². The molecule has 3 aromatic rings. The minimum atomic E-state index is -0.773. The first-order chi connectivity index (χ1) is 13.1. The normalized spacial score (nSPS) is 11.4. The van der Waals surface area contributed by atoms with Gasteiger partial charge in [0.15, 0.2) is 0 Å². The van der Waals surface area contributed by atoms with E-state index in [0.29, 0.717) is 5.82 Å². The van der Waals surface area contributed by atoms with E-state index in [-0.39, 0.29) is 11.1 Å². The summed E-state index contributed by atoms with van der Waals surface area (Å²) in [6, 6.07) is 11.4. The average molecular weight is 449 g/mol. The first-order valence-electron chi connectivity index (χ1n) is 8.52. The van der Waals surface area contributed by atoms with Crippen LogP contribution in [0, 0.1) is 11.6 Å². The van der Waals surface area contributed by atoms with E-state index in [1.54, 1.807) is 10.7 Å². The molecule has 0 unspecified atom stereocenters. The zero-order valence-electron chi connectivity index (χ0n) is 15.6. The number of urea groups is 1. The van der Waals surface area contributed by atoms with E-state index in [0.717, 1.165) is 34.1 Å². The highest BCUT2D eigenvalue weighted by atomic mass is 79.9. The van der Waals surface area contributed by atoms with Crippen LogP contribution in [0.1, 0.15) is 26.5 Å². The molecule has 0 saturated carbocycles. The van der Waals surface area contributed by atoms with Crippen molar-refractivity contribution in [3.63, 3.8) is 0 Å². The number of rotatable bonds is 3. The van der Waals surface area contributed by atoms with Crippen LogP contribution in [-0.2, 0) is 5.41 Å². The molecule has 0 fully saturated rings. The monoisotopic (exact) mass is 448 g/mol. The molecule has 0 bridgehead atoms. The molecule has 0 radical (unpaired) electrons. The van der Waals surface area contributed by atoms with Gasteiger partial charge in [0.1, 0.15) is 17.5 Å². The number of hydrogen-bond acceptors (Lipinski definition) is 2. The fourth-order valence-corrected chi connectivity index (χ4v) is 2.78. The van der Waals surface area contributed by atoms with Gasteiger partial charge in [-0.3, -0.25) is 5.32 Å². The molecule has 8 heteroatoms. The summed E-state index contributed by atoms with van der Waals surface area (Å²) in [5.41, 5.74) is 1.31. The molecule has 1 heterocycles. The molecule has 0 atom stereocenters.